The summed E-state index contributed by atoms with van der Waals surface area (Å²) in [4.78, 5) is 36.8. The third-order valence-electron chi connectivity index (χ3n) is 7.58. The Bertz CT molecular complexity index is 1610. The molecule has 1 saturated heterocycles. The van der Waals surface area contributed by atoms with Crippen LogP contribution in [-0.4, -0.2) is 81.6 Å². The summed E-state index contributed by atoms with van der Waals surface area (Å²) in [5.41, 5.74) is 0.385. The van der Waals surface area contributed by atoms with Gasteiger partial charge >= 0.3 is 12.3 Å². The molecule has 15 heteroatoms. The first kappa shape index (κ1) is 33.7. The zero-order valence-corrected chi connectivity index (χ0v) is 26.6. The SMILES string of the molecule is CC(=O)Nc1cc(Oc2ccc3c(c2)CCN3C(O)Nc2ccc(CN3CCN(C(=O)OC(C)(C)C)CC3)c(C(F)(F)F)c2)ncn1. The molecule has 2 aliphatic heterocycles. The predicted octanol–water partition coefficient (Wildman–Crippen LogP) is 5.05. The van der Waals surface area contributed by atoms with Crippen LogP contribution in [0.5, 0.6) is 11.6 Å². The van der Waals surface area contributed by atoms with E-state index in [0.717, 1.165) is 11.6 Å². The molecule has 0 aliphatic carbocycles. The molecular formula is C32H38F3N7O5. The Kier molecular flexibility index (Phi) is 9.77. The minimum atomic E-state index is -4.61. The number of amides is 2. The number of anilines is 3. The lowest BCUT2D eigenvalue weighted by Gasteiger charge is -2.36. The van der Waals surface area contributed by atoms with Gasteiger partial charge in [0.15, 0.2) is 0 Å². The van der Waals surface area contributed by atoms with Crippen LogP contribution in [0.15, 0.2) is 48.8 Å². The van der Waals surface area contributed by atoms with Crippen LogP contribution < -0.4 is 20.3 Å². The van der Waals surface area contributed by atoms with E-state index in [4.69, 9.17) is 9.47 Å². The van der Waals surface area contributed by atoms with E-state index < -0.39 is 29.8 Å². The van der Waals surface area contributed by atoms with Crippen LogP contribution in [-0.2, 0) is 28.7 Å². The van der Waals surface area contributed by atoms with Crippen LogP contribution in [0.25, 0.3) is 0 Å². The molecule has 2 amide bonds. The van der Waals surface area contributed by atoms with Gasteiger partial charge in [0, 0.05) is 63.6 Å². The highest BCUT2D eigenvalue weighted by atomic mass is 19.4. The first-order valence-electron chi connectivity index (χ1n) is 15.2. The summed E-state index contributed by atoms with van der Waals surface area (Å²) in [6.07, 6.45) is -4.50. The number of hydrogen-bond acceptors (Lipinski definition) is 10. The van der Waals surface area contributed by atoms with Gasteiger partial charge in [0.2, 0.25) is 18.1 Å². The van der Waals surface area contributed by atoms with E-state index in [1.54, 1.807) is 48.8 Å². The summed E-state index contributed by atoms with van der Waals surface area (Å²) in [5, 5.41) is 16.4. The molecule has 5 rings (SSSR count). The van der Waals surface area contributed by atoms with E-state index in [-0.39, 0.29) is 29.6 Å². The third kappa shape index (κ3) is 8.80. The molecule has 0 radical (unpaired) electrons. The van der Waals surface area contributed by atoms with Crippen molar-refractivity contribution in [3.63, 3.8) is 0 Å². The van der Waals surface area contributed by atoms with Crippen LogP contribution in [0, 0.1) is 0 Å². The fraction of sp³-hybridized carbons (Fsp3) is 0.438. The quantitative estimate of drug-likeness (QED) is 0.283. The number of nitrogens with one attached hydrogen (secondary N) is 2. The zero-order valence-electron chi connectivity index (χ0n) is 26.6. The van der Waals surface area contributed by atoms with Crippen LogP contribution in [0.2, 0.25) is 0 Å². The molecule has 1 unspecified atom stereocenters. The summed E-state index contributed by atoms with van der Waals surface area (Å²) < 4.78 is 53.8. The molecule has 3 heterocycles. The summed E-state index contributed by atoms with van der Waals surface area (Å²) in [6, 6.07) is 10.7. The number of carbonyl (C=O) groups excluding carboxylic acids is 2. The number of fused-ring (bicyclic) bond motifs is 1. The normalized spacial score (nSPS) is 16.0. The number of piperazine rings is 1. The van der Waals surface area contributed by atoms with Gasteiger partial charge in [0.05, 0.1) is 5.56 Å². The molecule has 0 spiro atoms. The average molecular weight is 658 g/mol. The Morgan fingerprint density at radius 3 is 2.43 bits per heavy atom. The third-order valence-corrected chi connectivity index (χ3v) is 7.58. The van der Waals surface area contributed by atoms with E-state index >= 15 is 0 Å². The van der Waals surface area contributed by atoms with E-state index in [2.05, 4.69) is 20.6 Å². The van der Waals surface area contributed by atoms with E-state index in [9.17, 15) is 27.9 Å². The monoisotopic (exact) mass is 657 g/mol. The number of carbonyl (C=O) groups is 2. The molecule has 0 saturated carbocycles. The second-order valence-electron chi connectivity index (χ2n) is 12.4. The van der Waals surface area contributed by atoms with Crippen molar-refractivity contribution >= 4 is 29.2 Å². The van der Waals surface area contributed by atoms with Gasteiger partial charge in [-0.2, -0.15) is 13.2 Å². The van der Waals surface area contributed by atoms with Crippen molar-refractivity contribution in [1.29, 1.82) is 0 Å². The lowest BCUT2D eigenvalue weighted by Crippen LogP contribution is -2.49. The lowest BCUT2D eigenvalue weighted by atomic mass is 10.0. The molecule has 1 fully saturated rings. The molecule has 2 aromatic carbocycles. The first-order chi connectivity index (χ1) is 22.1. The number of aliphatic hydroxyl groups is 1. The summed E-state index contributed by atoms with van der Waals surface area (Å²) in [7, 11) is 0. The van der Waals surface area contributed by atoms with Crippen molar-refractivity contribution in [2.45, 2.75) is 58.8 Å². The van der Waals surface area contributed by atoms with Gasteiger partial charge in [0.25, 0.3) is 0 Å². The molecule has 3 N–H and O–H groups in total. The van der Waals surface area contributed by atoms with E-state index in [1.807, 2.05) is 4.90 Å². The van der Waals surface area contributed by atoms with Gasteiger partial charge in [-0.1, -0.05) is 6.07 Å². The van der Waals surface area contributed by atoms with Crippen molar-refractivity contribution in [2.75, 3.05) is 48.3 Å². The highest BCUT2D eigenvalue weighted by molar-refractivity contribution is 5.87. The highest BCUT2D eigenvalue weighted by Gasteiger charge is 2.35. The number of aromatic nitrogens is 2. The van der Waals surface area contributed by atoms with Gasteiger partial charge < -0.3 is 35.0 Å². The second kappa shape index (κ2) is 13.6. The topological polar surface area (TPSA) is 132 Å². The van der Waals surface area contributed by atoms with Crippen molar-refractivity contribution in [3.8, 4) is 11.6 Å². The number of halogens is 3. The number of nitrogens with zero attached hydrogens (tertiary/aromatic N) is 5. The molecular weight excluding hydrogens is 619 g/mol. The lowest BCUT2D eigenvalue weighted by molar-refractivity contribution is -0.138. The van der Waals surface area contributed by atoms with Crippen molar-refractivity contribution in [1.82, 2.24) is 19.8 Å². The molecule has 252 valence electrons. The standard InChI is InChI=1S/C32H38F3N7O5/c1-20(43)38-27-17-28(37-19-36-27)46-24-7-8-26-21(15-24)9-10-42(26)29(44)39-23-6-5-22(25(16-23)32(33,34)35)18-40-11-13-41(14-12-40)30(45)47-31(2,3)4/h5-8,15-17,19,29,39,44H,9-14,18H2,1-4H3,(H,36,37,38,43). The van der Waals surface area contributed by atoms with Gasteiger partial charge in [-0.05, 0) is 68.7 Å². The number of ether oxygens (including phenoxy) is 2. The van der Waals surface area contributed by atoms with Crippen LogP contribution >= 0.6 is 0 Å². The summed E-state index contributed by atoms with van der Waals surface area (Å²) in [6.45, 7) is 8.72. The fourth-order valence-corrected chi connectivity index (χ4v) is 5.44. The Morgan fingerprint density at radius 1 is 1.00 bits per heavy atom. The number of benzene rings is 2. The first-order valence-corrected chi connectivity index (χ1v) is 15.2. The molecule has 2 aliphatic rings. The molecule has 0 bridgehead atoms. The van der Waals surface area contributed by atoms with E-state index in [0.29, 0.717) is 56.4 Å². The Hall–Kier alpha value is -4.63. The number of alkyl halides is 3. The largest absolute Gasteiger partial charge is 0.444 e. The number of aliphatic hydroxyl groups excluding tert-OH is 1. The van der Waals surface area contributed by atoms with Crippen LogP contribution in [0.4, 0.5) is 35.2 Å². The number of hydrogen-bond donors (Lipinski definition) is 3. The second-order valence-corrected chi connectivity index (χ2v) is 12.4. The van der Waals surface area contributed by atoms with Crippen molar-refractivity contribution < 1.29 is 37.3 Å². The van der Waals surface area contributed by atoms with Gasteiger partial charge in [-0.3, -0.25) is 9.69 Å². The zero-order chi connectivity index (χ0) is 33.9. The Labute approximate surface area is 270 Å². The minimum absolute atomic E-state index is 0.0628. The minimum Gasteiger partial charge on any atom is -0.444 e. The maximum absolute atomic E-state index is 14.2. The summed E-state index contributed by atoms with van der Waals surface area (Å²) in [5.74, 6) is 0.727. The smallest absolute Gasteiger partial charge is 0.416 e. The molecule has 47 heavy (non-hydrogen) atoms. The molecule has 1 atom stereocenters. The van der Waals surface area contributed by atoms with Gasteiger partial charge in [-0.25, -0.2) is 14.8 Å². The van der Waals surface area contributed by atoms with Crippen LogP contribution in [0.1, 0.15) is 44.4 Å². The van der Waals surface area contributed by atoms with E-state index in [1.165, 1.54) is 31.5 Å². The van der Waals surface area contributed by atoms with Gasteiger partial charge in [0.1, 0.15) is 23.5 Å². The fourth-order valence-electron chi connectivity index (χ4n) is 5.44. The molecule has 3 aromatic rings. The maximum Gasteiger partial charge on any atom is 0.416 e. The molecule has 1 aromatic heterocycles. The molecule has 12 nitrogen and oxygen atoms in total. The van der Waals surface area contributed by atoms with Crippen molar-refractivity contribution in [2.24, 2.45) is 0 Å². The predicted molar refractivity (Wildman–Crippen MR) is 168 cm³/mol. The number of rotatable bonds is 8. The highest BCUT2D eigenvalue weighted by Crippen LogP contribution is 2.37. The van der Waals surface area contributed by atoms with Crippen molar-refractivity contribution in [3.05, 3.63) is 65.5 Å². The maximum atomic E-state index is 14.2. The Balaban J connectivity index is 1.22. The van der Waals surface area contributed by atoms with Gasteiger partial charge in [-0.15, -0.1) is 0 Å². The average Bonchev–Trinajstić information content (AvgIpc) is 3.40. The Morgan fingerprint density at radius 2 is 1.74 bits per heavy atom. The van der Waals surface area contributed by atoms with Crippen LogP contribution in [0.3, 0.4) is 0 Å². The summed E-state index contributed by atoms with van der Waals surface area (Å²) >= 11 is 0.